The molecular weight excluding hydrogens is 663 g/mol. The highest BCUT2D eigenvalue weighted by Crippen LogP contribution is 2.39. The third kappa shape index (κ3) is 6.22. The van der Waals surface area contributed by atoms with Gasteiger partial charge in [-0.2, -0.15) is 0 Å². The first-order valence-corrected chi connectivity index (χ1v) is 18.9. The Morgan fingerprint density at radius 2 is 0.473 bits per heavy atom. The summed E-state index contributed by atoms with van der Waals surface area (Å²) >= 11 is 0. The summed E-state index contributed by atoms with van der Waals surface area (Å²) in [5, 5.41) is 2.47. The third-order valence-electron chi connectivity index (χ3n) is 10.8. The van der Waals surface area contributed by atoms with E-state index in [-0.39, 0.29) is 0 Å². The Balaban J connectivity index is 1.07. The highest BCUT2D eigenvalue weighted by Gasteiger charge is 2.15. The predicted octanol–water partition coefficient (Wildman–Crippen LogP) is 14.8. The fourth-order valence-electron chi connectivity index (χ4n) is 8.01. The minimum absolute atomic E-state index is 1.16. The molecule has 1 heteroatoms. The molecule has 258 valence electrons. The molecule has 9 aromatic carbocycles. The van der Waals surface area contributed by atoms with Gasteiger partial charge in [-0.25, -0.2) is 0 Å². The van der Waals surface area contributed by atoms with Crippen molar-refractivity contribution in [2.75, 3.05) is 0 Å². The minimum Gasteiger partial charge on any atom is -0.309 e. The van der Waals surface area contributed by atoms with Crippen molar-refractivity contribution in [3.05, 3.63) is 224 Å². The van der Waals surface area contributed by atoms with E-state index in [1.807, 2.05) is 0 Å². The average molecular weight is 700 g/mol. The second-order valence-corrected chi connectivity index (χ2v) is 14.2. The fraction of sp³-hybridized carbons (Fsp3) is 0. The van der Waals surface area contributed by atoms with Crippen molar-refractivity contribution >= 4 is 21.8 Å². The van der Waals surface area contributed by atoms with Gasteiger partial charge in [0.2, 0.25) is 0 Å². The second kappa shape index (κ2) is 14.0. The van der Waals surface area contributed by atoms with E-state index in [0.29, 0.717) is 0 Å². The maximum Gasteiger partial charge on any atom is 0.0541 e. The van der Waals surface area contributed by atoms with Crippen molar-refractivity contribution in [2.45, 2.75) is 0 Å². The average Bonchev–Trinajstić information content (AvgIpc) is 3.60. The molecular formula is C54H37N. The molecule has 1 aromatic heterocycles. The van der Waals surface area contributed by atoms with Gasteiger partial charge >= 0.3 is 0 Å². The van der Waals surface area contributed by atoms with Gasteiger partial charge in [0.05, 0.1) is 11.0 Å². The van der Waals surface area contributed by atoms with Crippen LogP contribution in [-0.2, 0) is 0 Å². The third-order valence-corrected chi connectivity index (χ3v) is 10.8. The van der Waals surface area contributed by atoms with Crippen LogP contribution in [0.25, 0.3) is 94.3 Å². The first-order valence-electron chi connectivity index (χ1n) is 18.9. The minimum atomic E-state index is 1.16. The summed E-state index contributed by atoms with van der Waals surface area (Å²) in [5.41, 5.74) is 18.1. The Bertz CT molecular complexity index is 2770. The van der Waals surface area contributed by atoms with E-state index < -0.39 is 0 Å². The molecule has 0 N–H and O–H groups in total. The molecule has 0 radical (unpaired) electrons. The fourth-order valence-corrected chi connectivity index (χ4v) is 8.01. The van der Waals surface area contributed by atoms with Crippen LogP contribution >= 0.6 is 0 Å². The molecule has 0 aliphatic rings. The number of hydrogen-bond acceptors (Lipinski definition) is 0. The van der Waals surface area contributed by atoms with Crippen molar-refractivity contribution < 1.29 is 0 Å². The summed E-state index contributed by atoms with van der Waals surface area (Å²) in [6.07, 6.45) is 0. The van der Waals surface area contributed by atoms with E-state index in [1.165, 1.54) is 88.6 Å². The Morgan fingerprint density at radius 1 is 0.200 bits per heavy atom. The predicted molar refractivity (Wildman–Crippen MR) is 233 cm³/mol. The molecule has 0 aliphatic heterocycles. The van der Waals surface area contributed by atoms with Gasteiger partial charge in [0.25, 0.3) is 0 Å². The molecule has 0 spiro atoms. The SMILES string of the molecule is c1ccc(-c2cccc(-c3cccc(-c4ccc5c(c4)c4cc(-c6cccc(-c7cccc(-c8ccccc8)c7)c6)ccc4n5-c4ccccc4)c3)c2)cc1. The molecule has 0 saturated heterocycles. The first kappa shape index (κ1) is 32.4. The molecule has 0 amide bonds. The zero-order valence-electron chi connectivity index (χ0n) is 30.3. The summed E-state index contributed by atoms with van der Waals surface area (Å²) < 4.78 is 2.40. The lowest BCUT2D eigenvalue weighted by atomic mass is 9.95. The summed E-state index contributed by atoms with van der Waals surface area (Å²) in [4.78, 5) is 0. The smallest absolute Gasteiger partial charge is 0.0541 e. The van der Waals surface area contributed by atoms with Crippen molar-refractivity contribution in [3.63, 3.8) is 0 Å². The topological polar surface area (TPSA) is 4.93 Å². The molecule has 1 heterocycles. The van der Waals surface area contributed by atoms with Gasteiger partial charge in [0.15, 0.2) is 0 Å². The van der Waals surface area contributed by atoms with E-state index in [1.54, 1.807) is 0 Å². The molecule has 0 aliphatic carbocycles. The quantitative estimate of drug-likeness (QED) is 0.156. The largest absolute Gasteiger partial charge is 0.309 e. The highest BCUT2D eigenvalue weighted by molar-refractivity contribution is 6.11. The number of hydrogen-bond donors (Lipinski definition) is 0. The summed E-state index contributed by atoms with van der Waals surface area (Å²) in [5.74, 6) is 0. The van der Waals surface area contributed by atoms with Crippen LogP contribution in [0.2, 0.25) is 0 Å². The van der Waals surface area contributed by atoms with E-state index in [4.69, 9.17) is 0 Å². The molecule has 0 fully saturated rings. The highest BCUT2D eigenvalue weighted by atomic mass is 15.0. The molecule has 0 bridgehead atoms. The lowest BCUT2D eigenvalue weighted by Crippen LogP contribution is -1.93. The zero-order valence-corrected chi connectivity index (χ0v) is 30.3. The molecule has 0 saturated carbocycles. The number of benzene rings is 9. The van der Waals surface area contributed by atoms with Crippen molar-refractivity contribution in [2.24, 2.45) is 0 Å². The van der Waals surface area contributed by atoms with Gasteiger partial charge in [-0.05, 0) is 127 Å². The summed E-state index contributed by atoms with van der Waals surface area (Å²) in [6, 6.07) is 81.4. The van der Waals surface area contributed by atoms with Crippen LogP contribution in [0.1, 0.15) is 0 Å². The van der Waals surface area contributed by atoms with Crippen LogP contribution in [0.5, 0.6) is 0 Å². The van der Waals surface area contributed by atoms with Crippen LogP contribution in [0.3, 0.4) is 0 Å². The summed E-state index contributed by atoms with van der Waals surface area (Å²) in [6.45, 7) is 0. The zero-order chi connectivity index (χ0) is 36.6. The van der Waals surface area contributed by atoms with Crippen molar-refractivity contribution in [1.29, 1.82) is 0 Å². The van der Waals surface area contributed by atoms with Crippen molar-refractivity contribution in [1.82, 2.24) is 4.57 Å². The first-order chi connectivity index (χ1) is 27.2. The normalized spacial score (nSPS) is 11.3. The maximum atomic E-state index is 2.40. The number of rotatable bonds is 7. The molecule has 0 unspecified atom stereocenters. The Morgan fingerprint density at radius 3 is 0.818 bits per heavy atom. The van der Waals surface area contributed by atoms with Gasteiger partial charge in [-0.15, -0.1) is 0 Å². The van der Waals surface area contributed by atoms with E-state index in [2.05, 4.69) is 229 Å². The van der Waals surface area contributed by atoms with Crippen LogP contribution in [-0.4, -0.2) is 4.57 Å². The molecule has 0 atom stereocenters. The van der Waals surface area contributed by atoms with E-state index in [9.17, 15) is 0 Å². The number of para-hydroxylation sites is 1. The monoisotopic (exact) mass is 699 g/mol. The van der Waals surface area contributed by atoms with Gasteiger partial charge in [-0.1, -0.05) is 164 Å². The van der Waals surface area contributed by atoms with E-state index in [0.717, 1.165) is 5.69 Å². The standard InChI is InChI=1S/C54H37N/c1-4-14-38(15-5-1)40-18-10-20-42(32-40)44-22-12-24-46(34-44)48-28-30-53-51(36-48)52-37-49(29-31-54(52)55(53)50-26-8-3-9-27-50)47-25-13-23-45(35-47)43-21-11-19-41(33-43)39-16-6-2-7-17-39/h1-37H. The lowest BCUT2D eigenvalue weighted by molar-refractivity contribution is 1.18. The van der Waals surface area contributed by atoms with Crippen LogP contribution in [0.4, 0.5) is 0 Å². The lowest BCUT2D eigenvalue weighted by Gasteiger charge is -2.10. The molecule has 1 nitrogen and oxygen atoms in total. The van der Waals surface area contributed by atoms with Crippen LogP contribution < -0.4 is 0 Å². The molecule has 55 heavy (non-hydrogen) atoms. The van der Waals surface area contributed by atoms with Gasteiger partial charge in [0, 0.05) is 16.5 Å². The number of fused-ring (bicyclic) bond motifs is 3. The number of nitrogens with zero attached hydrogens (tertiary/aromatic N) is 1. The summed E-state index contributed by atoms with van der Waals surface area (Å²) in [7, 11) is 0. The van der Waals surface area contributed by atoms with Crippen LogP contribution in [0, 0.1) is 0 Å². The van der Waals surface area contributed by atoms with Gasteiger partial charge in [0.1, 0.15) is 0 Å². The van der Waals surface area contributed by atoms with Crippen LogP contribution in [0.15, 0.2) is 224 Å². The number of aromatic nitrogens is 1. The second-order valence-electron chi connectivity index (χ2n) is 14.2. The van der Waals surface area contributed by atoms with Gasteiger partial charge in [-0.3, -0.25) is 0 Å². The van der Waals surface area contributed by atoms with E-state index >= 15 is 0 Å². The maximum absolute atomic E-state index is 2.40. The van der Waals surface area contributed by atoms with Crippen molar-refractivity contribution in [3.8, 4) is 72.4 Å². The Hall–Kier alpha value is -7.22. The Kier molecular flexibility index (Phi) is 8.24. The molecule has 10 aromatic rings. The van der Waals surface area contributed by atoms with Gasteiger partial charge < -0.3 is 4.57 Å². The Labute approximate surface area is 322 Å². The molecule has 10 rings (SSSR count).